The van der Waals surface area contributed by atoms with E-state index >= 15 is 0 Å². The number of fused-ring (bicyclic) bond motifs is 3. The Balaban J connectivity index is 2.44. The Bertz CT molecular complexity index is 709. The molecule has 110 valence electrons. The summed E-state index contributed by atoms with van der Waals surface area (Å²) in [6.07, 6.45) is -4.78. The molecule has 0 fully saturated rings. The molecule has 0 spiro atoms. The summed E-state index contributed by atoms with van der Waals surface area (Å²) in [5, 5.41) is 10.5. The van der Waals surface area contributed by atoms with E-state index in [1.54, 1.807) is 37.2 Å². The minimum atomic E-state index is -4.78. The second-order valence-electron chi connectivity index (χ2n) is 5.35. The van der Waals surface area contributed by atoms with Crippen LogP contribution < -0.4 is 4.90 Å². The van der Waals surface area contributed by atoms with E-state index in [1.807, 2.05) is 0 Å². The zero-order valence-corrected chi connectivity index (χ0v) is 11.6. The maximum Gasteiger partial charge on any atom is 0.425 e. The summed E-state index contributed by atoms with van der Waals surface area (Å²) in [4.78, 5) is 1.75. The molecule has 1 aliphatic carbocycles. The van der Waals surface area contributed by atoms with Crippen molar-refractivity contribution in [2.45, 2.75) is 11.8 Å². The maximum absolute atomic E-state index is 13.6. The molecule has 3 rings (SSSR count). The van der Waals surface area contributed by atoms with Gasteiger partial charge < -0.3 is 10.0 Å². The van der Waals surface area contributed by atoms with Crippen LogP contribution in [0, 0.1) is 0 Å². The quantitative estimate of drug-likeness (QED) is 0.869. The van der Waals surface area contributed by atoms with Crippen molar-refractivity contribution in [1.82, 2.24) is 0 Å². The van der Waals surface area contributed by atoms with Gasteiger partial charge in [-0.1, -0.05) is 36.4 Å². The van der Waals surface area contributed by atoms with Crippen molar-refractivity contribution in [3.8, 4) is 11.1 Å². The van der Waals surface area contributed by atoms with Crippen LogP contribution in [-0.4, -0.2) is 25.4 Å². The number of aliphatic hydroxyl groups is 1. The van der Waals surface area contributed by atoms with Gasteiger partial charge in [0.05, 0.1) is 0 Å². The Labute approximate surface area is 120 Å². The second-order valence-corrected chi connectivity index (χ2v) is 5.35. The zero-order chi connectivity index (χ0) is 15.4. The number of hydrogen-bond donors (Lipinski definition) is 1. The molecule has 2 nitrogen and oxygen atoms in total. The number of anilines is 1. The summed E-state index contributed by atoms with van der Waals surface area (Å²) >= 11 is 0. The lowest BCUT2D eigenvalue weighted by Crippen LogP contribution is -2.41. The topological polar surface area (TPSA) is 23.5 Å². The molecule has 0 saturated heterocycles. The monoisotopic (exact) mass is 293 g/mol. The van der Waals surface area contributed by atoms with E-state index in [0.29, 0.717) is 16.8 Å². The SMILES string of the molecule is CN(C)c1cccc2c1-c1ccccc1C2(O)C(F)(F)F. The largest absolute Gasteiger partial charge is 0.425 e. The fourth-order valence-electron chi connectivity index (χ4n) is 2.96. The van der Waals surface area contributed by atoms with E-state index in [1.165, 1.54) is 24.3 Å². The van der Waals surface area contributed by atoms with Gasteiger partial charge in [-0.2, -0.15) is 13.2 Å². The summed E-state index contributed by atoms with van der Waals surface area (Å²) in [5.74, 6) is 0. The van der Waals surface area contributed by atoms with Crippen molar-refractivity contribution in [1.29, 1.82) is 0 Å². The first-order valence-electron chi connectivity index (χ1n) is 6.48. The Morgan fingerprint density at radius 1 is 0.952 bits per heavy atom. The molecule has 0 aromatic heterocycles. The normalized spacial score (nSPS) is 20.1. The first-order chi connectivity index (χ1) is 9.78. The second kappa shape index (κ2) is 4.24. The lowest BCUT2D eigenvalue weighted by molar-refractivity contribution is -0.246. The lowest BCUT2D eigenvalue weighted by atomic mass is 9.90. The molecule has 0 radical (unpaired) electrons. The average molecular weight is 293 g/mol. The highest BCUT2D eigenvalue weighted by Crippen LogP contribution is 2.56. The van der Waals surface area contributed by atoms with Gasteiger partial charge in [0.15, 0.2) is 0 Å². The number of rotatable bonds is 1. The van der Waals surface area contributed by atoms with Gasteiger partial charge in [0.2, 0.25) is 5.60 Å². The summed E-state index contributed by atoms with van der Waals surface area (Å²) < 4.78 is 40.7. The highest BCUT2D eigenvalue weighted by Gasteiger charge is 2.61. The van der Waals surface area contributed by atoms with E-state index < -0.39 is 11.8 Å². The molecule has 1 atom stereocenters. The Morgan fingerprint density at radius 2 is 1.57 bits per heavy atom. The van der Waals surface area contributed by atoms with Gasteiger partial charge in [-0.05, 0) is 11.6 Å². The van der Waals surface area contributed by atoms with Gasteiger partial charge in [-0.25, -0.2) is 0 Å². The molecular formula is C16H14F3NO. The molecule has 0 bridgehead atoms. The van der Waals surface area contributed by atoms with Crippen LogP contribution in [-0.2, 0) is 5.60 Å². The third kappa shape index (κ3) is 1.70. The van der Waals surface area contributed by atoms with E-state index in [9.17, 15) is 18.3 Å². The van der Waals surface area contributed by atoms with Crippen LogP contribution in [0.5, 0.6) is 0 Å². The molecule has 1 aliphatic rings. The fraction of sp³-hybridized carbons (Fsp3) is 0.250. The summed E-state index contributed by atoms with van der Waals surface area (Å²) in [7, 11) is 3.53. The number of benzene rings is 2. The van der Waals surface area contributed by atoms with Gasteiger partial charge in [0, 0.05) is 36.5 Å². The Morgan fingerprint density at radius 3 is 2.19 bits per heavy atom. The van der Waals surface area contributed by atoms with Crippen LogP contribution in [0.25, 0.3) is 11.1 Å². The summed E-state index contributed by atoms with van der Waals surface area (Å²) in [6, 6.07) is 10.8. The van der Waals surface area contributed by atoms with Gasteiger partial charge in [-0.15, -0.1) is 0 Å². The van der Waals surface area contributed by atoms with Gasteiger partial charge in [0.1, 0.15) is 0 Å². The van der Waals surface area contributed by atoms with Crippen LogP contribution in [0.2, 0.25) is 0 Å². The molecular weight excluding hydrogens is 279 g/mol. The Hall–Kier alpha value is -2.01. The van der Waals surface area contributed by atoms with E-state index in [-0.39, 0.29) is 11.1 Å². The zero-order valence-electron chi connectivity index (χ0n) is 11.6. The number of nitrogens with zero attached hydrogens (tertiary/aromatic N) is 1. The maximum atomic E-state index is 13.6. The molecule has 2 aromatic rings. The number of hydrogen-bond acceptors (Lipinski definition) is 2. The molecule has 1 N–H and O–H groups in total. The van der Waals surface area contributed by atoms with Gasteiger partial charge in [-0.3, -0.25) is 0 Å². The highest BCUT2D eigenvalue weighted by atomic mass is 19.4. The third-order valence-electron chi connectivity index (χ3n) is 3.91. The molecule has 5 heteroatoms. The van der Waals surface area contributed by atoms with Gasteiger partial charge >= 0.3 is 6.18 Å². The standard InChI is InChI=1S/C16H14F3NO/c1-20(2)13-9-5-8-12-14(13)10-6-3-4-7-11(10)15(12,21)16(17,18)19/h3-9,21H,1-2H3. The predicted molar refractivity (Wildman–Crippen MR) is 75.3 cm³/mol. The van der Waals surface area contributed by atoms with Crippen molar-refractivity contribution in [3.63, 3.8) is 0 Å². The van der Waals surface area contributed by atoms with Crippen LogP contribution in [0.4, 0.5) is 18.9 Å². The lowest BCUT2D eigenvalue weighted by Gasteiger charge is -2.28. The van der Waals surface area contributed by atoms with Crippen molar-refractivity contribution in [3.05, 3.63) is 53.6 Å². The molecule has 0 aliphatic heterocycles. The van der Waals surface area contributed by atoms with Crippen LogP contribution in [0.15, 0.2) is 42.5 Å². The summed E-state index contributed by atoms with van der Waals surface area (Å²) in [5.41, 5.74) is -1.65. The minimum absolute atomic E-state index is 0.109. The van der Waals surface area contributed by atoms with Crippen LogP contribution >= 0.6 is 0 Å². The van der Waals surface area contributed by atoms with E-state index in [2.05, 4.69) is 0 Å². The minimum Gasteiger partial charge on any atom is -0.377 e. The highest BCUT2D eigenvalue weighted by molar-refractivity contribution is 5.89. The fourth-order valence-corrected chi connectivity index (χ4v) is 2.96. The molecule has 21 heavy (non-hydrogen) atoms. The average Bonchev–Trinajstić information content (AvgIpc) is 2.70. The smallest absolute Gasteiger partial charge is 0.377 e. The molecule has 1 unspecified atom stereocenters. The molecule has 2 aromatic carbocycles. The van der Waals surface area contributed by atoms with Gasteiger partial charge in [0.25, 0.3) is 0 Å². The van der Waals surface area contributed by atoms with E-state index in [4.69, 9.17) is 0 Å². The molecule has 0 amide bonds. The van der Waals surface area contributed by atoms with Crippen molar-refractivity contribution in [2.24, 2.45) is 0 Å². The van der Waals surface area contributed by atoms with Crippen molar-refractivity contribution >= 4 is 5.69 Å². The number of halogens is 3. The predicted octanol–water partition coefficient (Wildman–Crippen LogP) is 3.53. The van der Waals surface area contributed by atoms with Crippen molar-refractivity contribution in [2.75, 3.05) is 19.0 Å². The summed E-state index contributed by atoms with van der Waals surface area (Å²) in [6.45, 7) is 0. The molecule has 0 saturated carbocycles. The first kappa shape index (κ1) is 13.9. The third-order valence-corrected chi connectivity index (χ3v) is 3.91. The van der Waals surface area contributed by atoms with Crippen LogP contribution in [0.3, 0.4) is 0 Å². The van der Waals surface area contributed by atoms with E-state index in [0.717, 1.165) is 0 Å². The molecule has 0 heterocycles. The Kier molecular flexibility index (Phi) is 2.82. The van der Waals surface area contributed by atoms with Crippen molar-refractivity contribution < 1.29 is 18.3 Å². The number of alkyl halides is 3. The first-order valence-corrected chi connectivity index (χ1v) is 6.48. The van der Waals surface area contributed by atoms with Crippen LogP contribution in [0.1, 0.15) is 11.1 Å².